The zero-order chi connectivity index (χ0) is 21.6. The summed E-state index contributed by atoms with van der Waals surface area (Å²) in [5, 5.41) is 0. The normalized spacial score (nSPS) is 15.6. The molecule has 0 saturated carbocycles. The van der Waals surface area contributed by atoms with E-state index in [1.807, 2.05) is 47.4 Å². The van der Waals surface area contributed by atoms with Gasteiger partial charge in [0.25, 0.3) is 5.91 Å². The Kier molecular flexibility index (Phi) is 6.64. The first-order valence-corrected chi connectivity index (χ1v) is 10.8. The van der Waals surface area contributed by atoms with Gasteiger partial charge in [-0.15, -0.1) is 0 Å². The molecule has 31 heavy (non-hydrogen) atoms. The lowest BCUT2D eigenvalue weighted by molar-refractivity contribution is 0.0563. The summed E-state index contributed by atoms with van der Waals surface area (Å²) in [5.41, 5.74) is 9.16. The number of piperazine rings is 1. The van der Waals surface area contributed by atoms with Crippen LogP contribution in [0.2, 0.25) is 0 Å². The van der Waals surface area contributed by atoms with Gasteiger partial charge in [-0.1, -0.05) is 43.7 Å². The van der Waals surface area contributed by atoms with E-state index < -0.39 is 0 Å². The van der Waals surface area contributed by atoms with Crippen LogP contribution in [0.3, 0.4) is 0 Å². The van der Waals surface area contributed by atoms with Gasteiger partial charge in [0.2, 0.25) is 0 Å². The molecule has 1 aromatic carbocycles. The summed E-state index contributed by atoms with van der Waals surface area (Å²) >= 11 is 0. The highest BCUT2D eigenvalue weighted by atomic mass is 16.2. The Labute approximate surface area is 183 Å². The number of carbonyl (C=O) groups excluding carboxylic acids is 1. The number of hydrogen-bond donors (Lipinski definition) is 1. The highest BCUT2D eigenvalue weighted by Crippen LogP contribution is 2.25. The second-order valence-corrected chi connectivity index (χ2v) is 7.74. The van der Waals surface area contributed by atoms with Crippen LogP contribution in [0.5, 0.6) is 0 Å². The van der Waals surface area contributed by atoms with E-state index in [1.54, 1.807) is 18.6 Å². The van der Waals surface area contributed by atoms with Crippen LogP contribution in [0.15, 0.2) is 61.1 Å². The standard InChI is InChI=1S/C24H28N6O/c1-2-6-21(25)29-13-15-30(16-14-29)24(31)20-17-27-23(19-7-4-3-5-8-19)28-22(20)18-9-11-26-12-10-18/h3-5,7-12,17,21H,2,6,13-16,25H2,1H3. The van der Waals surface area contributed by atoms with E-state index in [0.717, 1.165) is 37.1 Å². The summed E-state index contributed by atoms with van der Waals surface area (Å²) in [6.07, 6.45) is 7.16. The minimum Gasteiger partial charge on any atom is -0.336 e. The molecule has 1 aliphatic heterocycles. The number of carbonyl (C=O) groups is 1. The lowest BCUT2D eigenvalue weighted by Gasteiger charge is -2.38. The number of nitrogens with zero attached hydrogens (tertiary/aromatic N) is 5. The van der Waals surface area contributed by atoms with Crippen molar-refractivity contribution < 1.29 is 4.79 Å². The molecule has 7 nitrogen and oxygen atoms in total. The van der Waals surface area contributed by atoms with Crippen molar-refractivity contribution in [3.8, 4) is 22.6 Å². The summed E-state index contributed by atoms with van der Waals surface area (Å²) in [6.45, 7) is 4.99. The van der Waals surface area contributed by atoms with Crippen LogP contribution < -0.4 is 5.73 Å². The van der Waals surface area contributed by atoms with Crippen LogP contribution in [-0.4, -0.2) is 63.0 Å². The summed E-state index contributed by atoms with van der Waals surface area (Å²) < 4.78 is 0. The lowest BCUT2D eigenvalue weighted by atomic mass is 10.1. The second-order valence-electron chi connectivity index (χ2n) is 7.74. The maximum Gasteiger partial charge on any atom is 0.257 e. The van der Waals surface area contributed by atoms with Crippen molar-refractivity contribution in [1.82, 2.24) is 24.8 Å². The molecular formula is C24H28N6O. The van der Waals surface area contributed by atoms with Gasteiger partial charge in [0, 0.05) is 55.9 Å². The number of rotatable bonds is 6. The van der Waals surface area contributed by atoms with Gasteiger partial charge in [0.15, 0.2) is 5.82 Å². The molecule has 0 aliphatic carbocycles. The van der Waals surface area contributed by atoms with Crippen molar-refractivity contribution in [2.24, 2.45) is 5.73 Å². The molecule has 160 valence electrons. The minimum atomic E-state index is -0.0462. The molecule has 0 radical (unpaired) electrons. The zero-order valence-electron chi connectivity index (χ0n) is 17.8. The van der Waals surface area contributed by atoms with Gasteiger partial charge >= 0.3 is 0 Å². The molecule has 3 aromatic rings. The van der Waals surface area contributed by atoms with E-state index >= 15 is 0 Å². The van der Waals surface area contributed by atoms with E-state index in [-0.39, 0.29) is 12.1 Å². The fourth-order valence-corrected chi connectivity index (χ4v) is 3.90. The van der Waals surface area contributed by atoms with E-state index in [4.69, 9.17) is 10.7 Å². The van der Waals surface area contributed by atoms with Crippen LogP contribution in [0.25, 0.3) is 22.6 Å². The summed E-state index contributed by atoms with van der Waals surface area (Å²) in [6, 6.07) is 13.5. The van der Waals surface area contributed by atoms with Crippen LogP contribution in [0.4, 0.5) is 0 Å². The molecule has 2 N–H and O–H groups in total. The van der Waals surface area contributed by atoms with E-state index in [0.29, 0.717) is 30.2 Å². The van der Waals surface area contributed by atoms with Gasteiger partial charge in [0.05, 0.1) is 17.4 Å². The third-order valence-electron chi connectivity index (χ3n) is 5.66. The molecular weight excluding hydrogens is 388 g/mol. The van der Waals surface area contributed by atoms with Crippen LogP contribution in [-0.2, 0) is 0 Å². The lowest BCUT2D eigenvalue weighted by Crippen LogP contribution is -2.54. The molecule has 1 atom stereocenters. The Morgan fingerprint density at radius 1 is 1.03 bits per heavy atom. The number of benzene rings is 1. The monoisotopic (exact) mass is 416 g/mol. The molecule has 1 fully saturated rings. The smallest absolute Gasteiger partial charge is 0.257 e. The fourth-order valence-electron chi connectivity index (χ4n) is 3.90. The van der Waals surface area contributed by atoms with Crippen molar-refractivity contribution in [3.63, 3.8) is 0 Å². The predicted molar refractivity (Wildman–Crippen MR) is 121 cm³/mol. The maximum absolute atomic E-state index is 13.4. The first-order valence-electron chi connectivity index (χ1n) is 10.8. The number of nitrogens with two attached hydrogens (primary N) is 1. The Bertz CT molecular complexity index is 1000. The average molecular weight is 417 g/mol. The second kappa shape index (κ2) is 9.76. The van der Waals surface area contributed by atoms with Gasteiger partial charge in [-0.3, -0.25) is 14.7 Å². The highest BCUT2D eigenvalue weighted by molar-refractivity contribution is 6.00. The van der Waals surface area contributed by atoms with Crippen molar-refractivity contribution in [3.05, 3.63) is 66.6 Å². The number of aromatic nitrogens is 3. The SMILES string of the molecule is CCCC(N)N1CCN(C(=O)c2cnc(-c3ccccc3)nc2-c2ccncc2)CC1. The largest absolute Gasteiger partial charge is 0.336 e. The highest BCUT2D eigenvalue weighted by Gasteiger charge is 2.27. The van der Waals surface area contributed by atoms with Crippen molar-refractivity contribution in [1.29, 1.82) is 0 Å². The van der Waals surface area contributed by atoms with Gasteiger partial charge in [-0.25, -0.2) is 9.97 Å². The minimum absolute atomic E-state index is 0.0462. The van der Waals surface area contributed by atoms with Crippen LogP contribution in [0.1, 0.15) is 30.1 Å². The van der Waals surface area contributed by atoms with Crippen molar-refractivity contribution in [2.75, 3.05) is 26.2 Å². The van der Waals surface area contributed by atoms with E-state index in [9.17, 15) is 4.79 Å². The third-order valence-corrected chi connectivity index (χ3v) is 5.66. The van der Waals surface area contributed by atoms with E-state index in [2.05, 4.69) is 21.8 Å². The van der Waals surface area contributed by atoms with Crippen molar-refractivity contribution in [2.45, 2.75) is 25.9 Å². The molecule has 0 bridgehead atoms. The number of hydrogen-bond acceptors (Lipinski definition) is 6. The maximum atomic E-state index is 13.4. The topological polar surface area (TPSA) is 88.2 Å². The molecule has 1 saturated heterocycles. The molecule has 1 aliphatic rings. The molecule has 3 heterocycles. The quantitative estimate of drug-likeness (QED) is 0.664. The van der Waals surface area contributed by atoms with Crippen LogP contribution in [0, 0.1) is 0 Å². The average Bonchev–Trinajstić information content (AvgIpc) is 2.84. The Morgan fingerprint density at radius 3 is 2.42 bits per heavy atom. The van der Waals surface area contributed by atoms with Crippen molar-refractivity contribution >= 4 is 5.91 Å². The molecule has 7 heteroatoms. The molecule has 0 spiro atoms. The molecule has 2 aromatic heterocycles. The Morgan fingerprint density at radius 2 is 1.74 bits per heavy atom. The summed E-state index contributed by atoms with van der Waals surface area (Å²) in [4.78, 5) is 30.9. The molecule has 4 rings (SSSR count). The number of amides is 1. The molecule has 1 unspecified atom stereocenters. The molecule has 1 amide bonds. The van der Waals surface area contributed by atoms with Crippen LogP contribution >= 0.6 is 0 Å². The van der Waals surface area contributed by atoms with Gasteiger partial charge in [0.1, 0.15) is 0 Å². The first kappa shape index (κ1) is 21.1. The van der Waals surface area contributed by atoms with Gasteiger partial charge in [-0.2, -0.15) is 0 Å². The Balaban J connectivity index is 1.61. The predicted octanol–water partition coefficient (Wildman–Crippen LogP) is 3.05. The third kappa shape index (κ3) is 4.78. The zero-order valence-corrected chi connectivity index (χ0v) is 17.8. The summed E-state index contributed by atoms with van der Waals surface area (Å²) in [5.74, 6) is 0.550. The Hall–Kier alpha value is -3.16. The van der Waals surface area contributed by atoms with Gasteiger partial charge < -0.3 is 10.6 Å². The van der Waals surface area contributed by atoms with Gasteiger partial charge in [-0.05, 0) is 18.6 Å². The first-order chi connectivity index (χ1) is 15.2. The fraction of sp³-hybridized carbons (Fsp3) is 0.333. The summed E-state index contributed by atoms with van der Waals surface area (Å²) in [7, 11) is 0. The van der Waals surface area contributed by atoms with E-state index in [1.165, 1.54) is 0 Å². The number of pyridine rings is 1.